The van der Waals surface area contributed by atoms with E-state index in [2.05, 4.69) is 64.7 Å². The van der Waals surface area contributed by atoms with Crippen LogP contribution in [0.1, 0.15) is 57.9 Å². The smallest absolute Gasteiger partial charge is 0.133 e. The van der Waals surface area contributed by atoms with Crippen LogP contribution in [0.3, 0.4) is 0 Å². The minimum Gasteiger partial charge on any atom is -0.356 e. The van der Waals surface area contributed by atoms with Crippen molar-refractivity contribution in [1.29, 1.82) is 0 Å². The van der Waals surface area contributed by atoms with E-state index in [1.54, 1.807) is 0 Å². The zero-order chi connectivity index (χ0) is 15.8. The molecule has 0 amide bonds. The Labute approximate surface area is 130 Å². The Morgan fingerprint density at radius 1 is 1.29 bits per heavy atom. The van der Waals surface area contributed by atoms with Crippen LogP contribution in [0.4, 0.5) is 5.82 Å². The van der Waals surface area contributed by atoms with E-state index in [-0.39, 0.29) is 5.54 Å². The zero-order valence-corrected chi connectivity index (χ0v) is 14.8. The van der Waals surface area contributed by atoms with E-state index in [4.69, 9.17) is 4.98 Å². The fourth-order valence-corrected chi connectivity index (χ4v) is 2.97. The van der Waals surface area contributed by atoms with Crippen molar-refractivity contribution in [3.63, 3.8) is 0 Å². The molecular weight excluding hydrogens is 258 g/mol. The van der Waals surface area contributed by atoms with Crippen LogP contribution >= 0.6 is 0 Å². The van der Waals surface area contributed by atoms with Crippen molar-refractivity contribution < 1.29 is 0 Å². The van der Waals surface area contributed by atoms with Crippen molar-refractivity contribution in [3.8, 4) is 0 Å². The summed E-state index contributed by atoms with van der Waals surface area (Å²) < 4.78 is 0. The molecule has 1 aromatic rings. The molecule has 0 unspecified atom stereocenters. The molecule has 0 radical (unpaired) electrons. The van der Waals surface area contributed by atoms with Gasteiger partial charge in [0.05, 0.1) is 0 Å². The minimum absolute atomic E-state index is 0.124. The average Bonchev–Trinajstić information content (AvgIpc) is 2.66. The Kier molecular flexibility index (Phi) is 4.34. The number of nitrogens with zero attached hydrogens (tertiary/aromatic N) is 2. The molecule has 1 aromatic heterocycles. The predicted molar refractivity (Wildman–Crippen MR) is 90.9 cm³/mol. The molecule has 1 saturated heterocycles. The van der Waals surface area contributed by atoms with Crippen molar-refractivity contribution in [1.82, 2.24) is 10.3 Å². The van der Waals surface area contributed by atoms with Gasteiger partial charge in [0.1, 0.15) is 5.82 Å². The number of hydrogen-bond donors (Lipinski definition) is 1. The number of nitrogens with one attached hydrogen (secondary N) is 1. The maximum atomic E-state index is 4.87. The molecule has 0 atom stereocenters. The third-order valence-corrected chi connectivity index (χ3v) is 4.23. The van der Waals surface area contributed by atoms with Gasteiger partial charge in [-0.3, -0.25) is 0 Å². The lowest BCUT2D eigenvalue weighted by molar-refractivity contribution is 0.416. The summed E-state index contributed by atoms with van der Waals surface area (Å²) in [7, 11) is 0. The Bertz CT molecular complexity index is 512. The van der Waals surface area contributed by atoms with Crippen LogP contribution in [0.25, 0.3) is 0 Å². The molecule has 0 aliphatic carbocycles. The lowest BCUT2D eigenvalue weighted by atomic mass is 9.93. The van der Waals surface area contributed by atoms with Gasteiger partial charge in [0.2, 0.25) is 0 Å². The highest BCUT2D eigenvalue weighted by atomic mass is 15.2. The Hall–Kier alpha value is -1.09. The van der Waals surface area contributed by atoms with Crippen molar-refractivity contribution in [2.45, 2.75) is 67.0 Å². The molecule has 0 saturated carbocycles. The highest BCUT2D eigenvalue weighted by Gasteiger charge is 2.31. The molecule has 1 aliphatic rings. The summed E-state index contributed by atoms with van der Waals surface area (Å²) in [6.07, 6.45) is 1.24. The summed E-state index contributed by atoms with van der Waals surface area (Å²) >= 11 is 0. The molecule has 1 N–H and O–H groups in total. The molecule has 2 rings (SSSR count). The molecular formula is C18H31N3. The Morgan fingerprint density at radius 2 is 1.95 bits per heavy atom. The van der Waals surface area contributed by atoms with Crippen molar-refractivity contribution in [3.05, 3.63) is 22.9 Å². The van der Waals surface area contributed by atoms with Gasteiger partial charge in [0.25, 0.3) is 0 Å². The number of anilines is 1. The fourth-order valence-electron chi connectivity index (χ4n) is 2.97. The quantitative estimate of drug-likeness (QED) is 0.917. The van der Waals surface area contributed by atoms with E-state index >= 15 is 0 Å². The largest absolute Gasteiger partial charge is 0.356 e. The van der Waals surface area contributed by atoms with Crippen molar-refractivity contribution in [2.24, 2.45) is 5.41 Å². The third-order valence-electron chi connectivity index (χ3n) is 4.23. The van der Waals surface area contributed by atoms with Crippen LogP contribution in [-0.4, -0.2) is 23.6 Å². The summed E-state index contributed by atoms with van der Waals surface area (Å²) in [5.74, 6) is 1.19. The number of rotatable bonds is 3. The van der Waals surface area contributed by atoms with Gasteiger partial charge in [-0.2, -0.15) is 0 Å². The van der Waals surface area contributed by atoms with Crippen LogP contribution in [0.2, 0.25) is 0 Å². The maximum absolute atomic E-state index is 4.87. The Balaban J connectivity index is 2.31. The third kappa shape index (κ3) is 4.19. The van der Waals surface area contributed by atoms with E-state index in [1.165, 1.54) is 23.4 Å². The van der Waals surface area contributed by atoms with E-state index in [1.807, 2.05) is 0 Å². The highest BCUT2D eigenvalue weighted by Crippen LogP contribution is 2.34. The first-order valence-corrected chi connectivity index (χ1v) is 8.04. The summed E-state index contributed by atoms with van der Waals surface area (Å²) in [6.45, 7) is 18.7. The molecule has 3 nitrogen and oxygen atoms in total. The second-order valence-corrected chi connectivity index (χ2v) is 8.32. The number of hydrogen-bond acceptors (Lipinski definition) is 3. The molecule has 1 fully saturated rings. The number of aromatic nitrogens is 1. The standard InChI is InChI=1S/C18H31N3/c1-13-10-14(2)20-16(15(13)11-19-17(3,4)5)21-9-8-18(6,7)12-21/h10,19H,8-9,11-12H2,1-7H3. The van der Waals surface area contributed by atoms with E-state index in [0.717, 1.165) is 25.3 Å². The Morgan fingerprint density at radius 3 is 2.48 bits per heavy atom. The van der Waals surface area contributed by atoms with E-state index in [9.17, 15) is 0 Å². The van der Waals surface area contributed by atoms with Gasteiger partial charge in [-0.1, -0.05) is 13.8 Å². The topological polar surface area (TPSA) is 28.2 Å². The van der Waals surface area contributed by atoms with Crippen LogP contribution in [0, 0.1) is 19.3 Å². The monoisotopic (exact) mass is 289 g/mol. The van der Waals surface area contributed by atoms with Gasteiger partial charge in [-0.05, 0) is 58.1 Å². The molecule has 0 bridgehead atoms. The van der Waals surface area contributed by atoms with Crippen LogP contribution in [-0.2, 0) is 6.54 Å². The molecule has 3 heteroatoms. The van der Waals surface area contributed by atoms with Crippen LogP contribution < -0.4 is 10.2 Å². The van der Waals surface area contributed by atoms with Gasteiger partial charge in [-0.15, -0.1) is 0 Å². The first-order chi connectivity index (χ1) is 9.57. The molecule has 2 heterocycles. The minimum atomic E-state index is 0.124. The first-order valence-electron chi connectivity index (χ1n) is 8.04. The van der Waals surface area contributed by atoms with Gasteiger partial charge >= 0.3 is 0 Å². The summed E-state index contributed by atoms with van der Waals surface area (Å²) in [5.41, 5.74) is 4.34. The molecule has 0 aromatic carbocycles. The van der Waals surface area contributed by atoms with E-state index in [0.29, 0.717) is 5.41 Å². The normalized spacial score (nSPS) is 18.3. The molecule has 21 heavy (non-hydrogen) atoms. The maximum Gasteiger partial charge on any atom is 0.133 e. The van der Waals surface area contributed by atoms with Gasteiger partial charge in [0.15, 0.2) is 0 Å². The second-order valence-electron chi connectivity index (χ2n) is 8.32. The highest BCUT2D eigenvalue weighted by molar-refractivity contribution is 5.52. The van der Waals surface area contributed by atoms with Gasteiger partial charge in [-0.25, -0.2) is 4.98 Å². The zero-order valence-electron chi connectivity index (χ0n) is 14.8. The van der Waals surface area contributed by atoms with Crippen molar-refractivity contribution >= 4 is 5.82 Å². The number of aryl methyl sites for hydroxylation is 2. The van der Waals surface area contributed by atoms with Crippen molar-refractivity contribution in [2.75, 3.05) is 18.0 Å². The summed E-state index contributed by atoms with van der Waals surface area (Å²) in [5, 5.41) is 3.62. The SMILES string of the molecule is Cc1cc(C)c(CNC(C)(C)C)c(N2CCC(C)(C)C2)n1. The van der Waals surface area contributed by atoms with Gasteiger partial charge in [0, 0.05) is 36.4 Å². The first kappa shape index (κ1) is 16.3. The molecule has 118 valence electrons. The number of pyridine rings is 1. The van der Waals surface area contributed by atoms with Crippen LogP contribution in [0.5, 0.6) is 0 Å². The summed E-state index contributed by atoms with van der Waals surface area (Å²) in [4.78, 5) is 7.34. The lowest BCUT2D eigenvalue weighted by Crippen LogP contribution is -2.36. The van der Waals surface area contributed by atoms with Gasteiger partial charge < -0.3 is 10.2 Å². The average molecular weight is 289 g/mol. The molecule has 0 spiro atoms. The van der Waals surface area contributed by atoms with E-state index < -0.39 is 0 Å². The second kappa shape index (κ2) is 5.60. The fraction of sp³-hybridized carbons (Fsp3) is 0.722. The van der Waals surface area contributed by atoms with Crippen LogP contribution in [0.15, 0.2) is 6.07 Å². The molecule has 1 aliphatic heterocycles. The predicted octanol–water partition coefficient (Wildman–Crippen LogP) is 3.82. The summed E-state index contributed by atoms with van der Waals surface area (Å²) in [6, 6.07) is 2.20. The lowest BCUT2D eigenvalue weighted by Gasteiger charge is -2.27.